The molecule has 1 radical (unpaired) electrons. The molecule has 4 nitrogen and oxygen atoms in total. The first-order chi connectivity index (χ1) is 24.3. The van der Waals surface area contributed by atoms with Gasteiger partial charge in [-0.2, -0.15) is 0 Å². The Bertz CT molecular complexity index is 2730. The van der Waals surface area contributed by atoms with Crippen LogP contribution in [0.5, 0.6) is 0 Å². The van der Waals surface area contributed by atoms with Gasteiger partial charge in [0, 0.05) is 65.7 Å². The van der Waals surface area contributed by atoms with Crippen LogP contribution in [0.3, 0.4) is 0 Å². The zero-order valence-electron chi connectivity index (χ0n) is 27.2. The minimum atomic E-state index is 0. The number of nitrogens with one attached hydrogen (secondary N) is 1. The summed E-state index contributed by atoms with van der Waals surface area (Å²) in [5.41, 5.74) is 15.4. The third kappa shape index (κ3) is 4.87. The van der Waals surface area contributed by atoms with Crippen LogP contribution >= 0.6 is 0 Å². The van der Waals surface area contributed by atoms with E-state index in [4.69, 9.17) is 4.99 Å². The van der Waals surface area contributed by atoms with E-state index in [1.165, 1.54) is 11.1 Å². The monoisotopic (exact) mass is 715 g/mol. The Balaban J connectivity index is 0.00000336. The van der Waals surface area contributed by atoms with Crippen molar-refractivity contribution in [2.75, 3.05) is 0 Å². The minimum absolute atomic E-state index is 0. The van der Waals surface area contributed by atoms with Gasteiger partial charge in [-0.3, -0.25) is 8.97 Å². The summed E-state index contributed by atoms with van der Waals surface area (Å²) in [6, 6.07) is 56.1. The molecule has 5 heteroatoms. The fraction of sp³-hybridized carbons (Fsp3) is 0. The first-order valence-corrected chi connectivity index (χ1v) is 16.6. The van der Waals surface area contributed by atoms with E-state index in [9.17, 15) is 0 Å². The van der Waals surface area contributed by atoms with Crippen LogP contribution < -0.4 is 15.3 Å². The van der Waals surface area contributed by atoms with Crippen molar-refractivity contribution in [1.82, 2.24) is 9.38 Å². The van der Waals surface area contributed by atoms with Gasteiger partial charge in [-0.15, -0.1) is 0 Å². The normalized spacial score (nSPS) is 13.7. The summed E-state index contributed by atoms with van der Waals surface area (Å²) in [6.07, 6.45) is 6.59. The first kappa shape index (κ1) is 30.5. The summed E-state index contributed by atoms with van der Waals surface area (Å²) >= 11 is 0. The average Bonchev–Trinajstić information content (AvgIpc) is 3.99. The molecular weight excluding hydrogens is 685 g/mol. The van der Waals surface area contributed by atoms with Gasteiger partial charge in [0.1, 0.15) is 0 Å². The number of rotatable bonds is 4. The number of allylic oxidation sites excluding steroid dienone is 2. The number of nitrogens with zero attached hydrogens (tertiary/aromatic N) is 3. The van der Waals surface area contributed by atoms with E-state index >= 15 is 0 Å². The van der Waals surface area contributed by atoms with Crippen LogP contribution in [0.15, 0.2) is 187 Å². The number of H-pyrrole nitrogens is 1. The Morgan fingerprint density at radius 2 is 1.08 bits per heavy atom. The van der Waals surface area contributed by atoms with Gasteiger partial charge in [0.25, 0.3) is 0 Å². The fourth-order valence-electron chi connectivity index (χ4n) is 7.56. The van der Waals surface area contributed by atoms with Gasteiger partial charge in [0.05, 0.1) is 34.0 Å². The van der Waals surface area contributed by atoms with Crippen molar-refractivity contribution >= 4 is 27.9 Å². The Hall–Kier alpha value is -5.55. The van der Waals surface area contributed by atoms with Gasteiger partial charge in [0.2, 0.25) is 0 Å². The molecule has 0 aliphatic carbocycles. The largest absolute Gasteiger partial charge is 0.355 e. The van der Waals surface area contributed by atoms with Crippen LogP contribution in [0, 0.1) is 0 Å². The molecule has 1 N–H and O–H groups in total. The number of benzene rings is 4. The number of aliphatic imine (C=N–C) groups is 1. The molecule has 0 atom stereocenters. The molecule has 4 aliphatic rings. The molecule has 4 aromatic carbocycles. The van der Waals surface area contributed by atoms with Crippen LogP contribution in [0.25, 0.3) is 39.1 Å². The summed E-state index contributed by atoms with van der Waals surface area (Å²) in [4.78, 5) is 9.28. The molecule has 233 valence electrons. The predicted molar refractivity (Wildman–Crippen MR) is 197 cm³/mol. The zero-order valence-corrected chi connectivity index (χ0v) is 30.0. The molecular formula is C45H30N4Y. The zero-order chi connectivity index (χ0) is 32.3. The van der Waals surface area contributed by atoms with Crippen LogP contribution in [-0.2, 0) is 32.7 Å². The average molecular weight is 716 g/mol. The molecule has 4 aliphatic heterocycles. The van der Waals surface area contributed by atoms with E-state index in [0.717, 1.165) is 78.1 Å². The van der Waals surface area contributed by atoms with Crippen molar-refractivity contribution in [3.63, 3.8) is 0 Å². The first-order valence-electron chi connectivity index (χ1n) is 16.6. The maximum Gasteiger partial charge on any atom is 0.178 e. The van der Waals surface area contributed by atoms with E-state index in [-0.39, 0.29) is 32.7 Å². The van der Waals surface area contributed by atoms with Gasteiger partial charge in [-0.25, -0.2) is 4.99 Å². The SMILES string of the molecule is C1=CC2=C(c3ccccc3)c3ccc4c(-c5ccccc5)c5ccc([n+]-5[cH-]n34)C(c3ccccc3)=c3ccc([nH]3)=C(c3ccccc3)C1=N2.[Y]. The van der Waals surface area contributed by atoms with Crippen molar-refractivity contribution in [1.29, 1.82) is 0 Å². The van der Waals surface area contributed by atoms with E-state index < -0.39 is 0 Å². The number of aromatic amines is 1. The van der Waals surface area contributed by atoms with E-state index in [1.54, 1.807) is 0 Å². The second-order valence-corrected chi connectivity index (χ2v) is 12.5. The summed E-state index contributed by atoms with van der Waals surface area (Å²) < 4.78 is 4.72. The van der Waals surface area contributed by atoms with Gasteiger partial charge in [-0.1, -0.05) is 146 Å². The van der Waals surface area contributed by atoms with E-state index in [2.05, 4.69) is 190 Å². The van der Waals surface area contributed by atoms with Gasteiger partial charge in [-0.05, 0) is 46.5 Å². The number of hydrogen-bond donors (Lipinski definition) is 1. The van der Waals surface area contributed by atoms with Crippen LogP contribution in [0.2, 0.25) is 0 Å². The third-order valence-electron chi connectivity index (χ3n) is 9.72. The molecule has 10 rings (SSSR count). The predicted octanol–water partition coefficient (Wildman–Crippen LogP) is 7.60. The second kappa shape index (κ2) is 12.4. The fourth-order valence-corrected chi connectivity index (χ4v) is 7.56. The van der Waals surface area contributed by atoms with E-state index in [1.807, 2.05) is 0 Å². The molecule has 0 spiro atoms. The standard InChI is InChI=1S/C45H30N4.Y/c1-5-13-30(14-6-1)42-34-21-23-36(46-34)43(31-15-7-2-8-16-31)38-25-27-40-45(33-19-11-4-12-20-33)41-28-26-39(49(41)29-48(38)40)44(32-17-9-3-10-18-32)37-24-22-35(42)47-37;/h1-29,46H;. The molecule has 2 aromatic heterocycles. The topological polar surface area (TPSA) is 36.4 Å². The maximum absolute atomic E-state index is 5.42. The Morgan fingerprint density at radius 3 is 1.72 bits per heavy atom. The van der Waals surface area contributed by atoms with Crippen LogP contribution in [0.4, 0.5) is 0 Å². The van der Waals surface area contributed by atoms with Gasteiger partial charge < -0.3 is 4.98 Å². The van der Waals surface area contributed by atoms with Crippen molar-refractivity contribution in [2.24, 2.45) is 4.99 Å². The second-order valence-electron chi connectivity index (χ2n) is 12.5. The molecule has 0 saturated carbocycles. The summed E-state index contributed by atoms with van der Waals surface area (Å²) in [5.74, 6) is 0. The molecule has 0 fully saturated rings. The van der Waals surface area contributed by atoms with Crippen molar-refractivity contribution < 1.29 is 37.3 Å². The number of aromatic nitrogens is 3. The van der Waals surface area contributed by atoms with Crippen molar-refractivity contribution in [2.45, 2.75) is 0 Å². The van der Waals surface area contributed by atoms with Gasteiger partial charge in [0.15, 0.2) is 6.33 Å². The minimum Gasteiger partial charge on any atom is -0.355 e. The maximum atomic E-state index is 5.42. The van der Waals surface area contributed by atoms with Crippen molar-refractivity contribution in [3.05, 3.63) is 221 Å². The number of hydrogen-bond acceptors (Lipinski definition) is 1. The molecule has 50 heavy (non-hydrogen) atoms. The van der Waals surface area contributed by atoms with Crippen molar-refractivity contribution in [3.8, 4) is 16.8 Å². The number of fused-ring (bicyclic) bond motifs is 3. The molecule has 0 saturated heterocycles. The van der Waals surface area contributed by atoms with Gasteiger partial charge >= 0.3 is 0 Å². The Labute approximate surface area is 315 Å². The molecule has 6 heterocycles. The molecule has 0 unspecified atom stereocenters. The molecule has 0 amide bonds. The van der Waals surface area contributed by atoms with Crippen LogP contribution in [0.1, 0.15) is 28.1 Å². The Kier molecular flexibility index (Phi) is 7.57. The smallest absolute Gasteiger partial charge is 0.178 e. The summed E-state index contributed by atoms with van der Waals surface area (Å²) in [5, 5.41) is 2.07. The summed E-state index contributed by atoms with van der Waals surface area (Å²) in [7, 11) is 0. The van der Waals surface area contributed by atoms with Crippen LogP contribution in [-0.4, -0.2) is 15.1 Å². The third-order valence-corrected chi connectivity index (χ3v) is 9.72. The van der Waals surface area contributed by atoms with E-state index in [0.29, 0.717) is 0 Å². The molecule has 6 aromatic rings. The summed E-state index contributed by atoms with van der Waals surface area (Å²) in [6.45, 7) is 0. The Morgan fingerprint density at radius 1 is 0.520 bits per heavy atom. The quantitative estimate of drug-likeness (QED) is 0.144. The molecule has 6 bridgehead atoms.